The van der Waals surface area contributed by atoms with Crippen molar-refractivity contribution in [2.75, 3.05) is 13.1 Å². The van der Waals surface area contributed by atoms with Crippen molar-refractivity contribution in [3.63, 3.8) is 0 Å². The molecule has 1 aliphatic heterocycles. The van der Waals surface area contributed by atoms with Gasteiger partial charge in [-0.3, -0.25) is 0 Å². The third kappa shape index (κ3) is 3.82. The van der Waals surface area contributed by atoms with Crippen LogP contribution in [0.25, 0.3) is 0 Å². The SMILES string of the molecule is CC(C)Cc1ccc(C2CCNCC2C(C)C)cc1. The van der Waals surface area contributed by atoms with Gasteiger partial charge in [-0.2, -0.15) is 0 Å². The lowest BCUT2D eigenvalue weighted by Crippen LogP contribution is -2.38. The van der Waals surface area contributed by atoms with Gasteiger partial charge in [0, 0.05) is 0 Å². The van der Waals surface area contributed by atoms with Gasteiger partial charge >= 0.3 is 0 Å². The first-order chi connectivity index (χ1) is 9.08. The van der Waals surface area contributed by atoms with Crippen molar-refractivity contribution in [1.82, 2.24) is 5.32 Å². The van der Waals surface area contributed by atoms with E-state index in [1.165, 1.54) is 31.5 Å². The number of benzene rings is 1. The molecule has 0 saturated carbocycles. The summed E-state index contributed by atoms with van der Waals surface area (Å²) in [5.41, 5.74) is 3.03. The molecule has 106 valence electrons. The molecular weight excluding hydrogens is 230 g/mol. The van der Waals surface area contributed by atoms with Crippen LogP contribution in [-0.4, -0.2) is 13.1 Å². The van der Waals surface area contributed by atoms with Crippen LogP contribution in [0.1, 0.15) is 51.2 Å². The van der Waals surface area contributed by atoms with Gasteiger partial charge in [-0.25, -0.2) is 0 Å². The second-order valence-corrected chi connectivity index (χ2v) is 6.85. The molecule has 0 bridgehead atoms. The van der Waals surface area contributed by atoms with Gasteiger partial charge in [0.15, 0.2) is 0 Å². The fourth-order valence-corrected chi connectivity index (χ4v) is 3.37. The minimum absolute atomic E-state index is 0.744. The largest absolute Gasteiger partial charge is 0.316 e. The Balaban J connectivity index is 2.11. The summed E-state index contributed by atoms with van der Waals surface area (Å²) in [6.45, 7) is 11.6. The van der Waals surface area contributed by atoms with Crippen molar-refractivity contribution in [3.05, 3.63) is 35.4 Å². The fourth-order valence-electron chi connectivity index (χ4n) is 3.37. The molecule has 0 spiro atoms. The molecule has 0 amide bonds. The van der Waals surface area contributed by atoms with E-state index < -0.39 is 0 Å². The number of nitrogens with one attached hydrogen (secondary N) is 1. The topological polar surface area (TPSA) is 12.0 Å². The zero-order chi connectivity index (χ0) is 13.8. The minimum Gasteiger partial charge on any atom is -0.316 e. The maximum absolute atomic E-state index is 3.55. The summed E-state index contributed by atoms with van der Waals surface area (Å²) in [5.74, 6) is 3.03. The summed E-state index contributed by atoms with van der Waals surface area (Å²) >= 11 is 0. The van der Waals surface area contributed by atoms with E-state index in [0.717, 1.165) is 23.7 Å². The van der Waals surface area contributed by atoms with E-state index >= 15 is 0 Å². The smallest absolute Gasteiger partial charge is 0.00122 e. The molecule has 2 unspecified atom stereocenters. The molecule has 1 aromatic rings. The molecule has 19 heavy (non-hydrogen) atoms. The van der Waals surface area contributed by atoms with Gasteiger partial charge in [0.1, 0.15) is 0 Å². The zero-order valence-electron chi connectivity index (χ0n) is 12.9. The van der Waals surface area contributed by atoms with Crippen molar-refractivity contribution >= 4 is 0 Å². The van der Waals surface area contributed by atoms with Crippen molar-refractivity contribution in [1.29, 1.82) is 0 Å². The first-order valence-electron chi connectivity index (χ1n) is 7.87. The van der Waals surface area contributed by atoms with Crippen LogP contribution in [0.5, 0.6) is 0 Å². The van der Waals surface area contributed by atoms with Crippen molar-refractivity contribution in [3.8, 4) is 0 Å². The first-order valence-corrected chi connectivity index (χ1v) is 7.87. The maximum atomic E-state index is 3.55. The quantitative estimate of drug-likeness (QED) is 0.853. The molecule has 1 nitrogen and oxygen atoms in total. The van der Waals surface area contributed by atoms with E-state index in [1.54, 1.807) is 5.56 Å². The molecular formula is C18H29N. The zero-order valence-corrected chi connectivity index (χ0v) is 12.9. The normalized spacial score (nSPS) is 24.1. The average molecular weight is 259 g/mol. The van der Waals surface area contributed by atoms with Gasteiger partial charge in [0.05, 0.1) is 0 Å². The lowest BCUT2D eigenvalue weighted by molar-refractivity contribution is 0.255. The maximum Gasteiger partial charge on any atom is -0.00122 e. The van der Waals surface area contributed by atoms with Gasteiger partial charge < -0.3 is 5.32 Å². The van der Waals surface area contributed by atoms with E-state index in [4.69, 9.17) is 0 Å². The highest BCUT2D eigenvalue weighted by atomic mass is 14.9. The fraction of sp³-hybridized carbons (Fsp3) is 0.667. The molecule has 1 heteroatoms. The van der Waals surface area contributed by atoms with Crippen LogP contribution in [0.3, 0.4) is 0 Å². The average Bonchev–Trinajstić information content (AvgIpc) is 2.39. The number of hydrogen-bond donors (Lipinski definition) is 1. The lowest BCUT2D eigenvalue weighted by Gasteiger charge is -2.35. The summed E-state index contributed by atoms with van der Waals surface area (Å²) in [5, 5.41) is 3.55. The van der Waals surface area contributed by atoms with Gasteiger partial charge in [-0.15, -0.1) is 0 Å². The minimum atomic E-state index is 0.744. The Kier molecular flexibility index (Phi) is 5.04. The van der Waals surface area contributed by atoms with E-state index in [2.05, 4.69) is 57.3 Å². The van der Waals surface area contributed by atoms with Crippen LogP contribution in [-0.2, 0) is 6.42 Å². The molecule has 1 N–H and O–H groups in total. The Bertz CT molecular complexity index is 377. The molecule has 2 atom stereocenters. The van der Waals surface area contributed by atoms with E-state index in [1.807, 2.05) is 0 Å². The summed E-state index contributed by atoms with van der Waals surface area (Å²) < 4.78 is 0. The van der Waals surface area contributed by atoms with Crippen LogP contribution in [0, 0.1) is 17.8 Å². The van der Waals surface area contributed by atoms with Gasteiger partial charge in [0.25, 0.3) is 0 Å². The second-order valence-electron chi connectivity index (χ2n) is 6.85. The Labute approximate surface area is 118 Å². The Morgan fingerprint density at radius 2 is 1.79 bits per heavy atom. The van der Waals surface area contributed by atoms with Crippen molar-refractivity contribution in [2.45, 2.75) is 46.5 Å². The summed E-state index contributed by atoms with van der Waals surface area (Å²) in [7, 11) is 0. The lowest BCUT2D eigenvalue weighted by atomic mass is 9.75. The van der Waals surface area contributed by atoms with Crippen LogP contribution in [0.15, 0.2) is 24.3 Å². The van der Waals surface area contributed by atoms with Gasteiger partial charge in [-0.1, -0.05) is 52.0 Å². The Morgan fingerprint density at radius 3 is 2.37 bits per heavy atom. The highest BCUT2D eigenvalue weighted by Crippen LogP contribution is 2.34. The Hall–Kier alpha value is -0.820. The monoisotopic (exact) mass is 259 g/mol. The molecule has 0 radical (unpaired) electrons. The van der Waals surface area contributed by atoms with Gasteiger partial charge in [-0.05, 0) is 60.7 Å². The predicted octanol–water partition coefficient (Wildman–Crippen LogP) is 4.23. The molecule has 0 aliphatic carbocycles. The van der Waals surface area contributed by atoms with E-state index in [9.17, 15) is 0 Å². The molecule has 0 aromatic heterocycles. The predicted molar refractivity (Wildman–Crippen MR) is 83.5 cm³/mol. The second kappa shape index (κ2) is 6.56. The highest BCUT2D eigenvalue weighted by Gasteiger charge is 2.28. The third-order valence-corrected chi connectivity index (χ3v) is 4.44. The van der Waals surface area contributed by atoms with Crippen LogP contribution >= 0.6 is 0 Å². The van der Waals surface area contributed by atoms with Gasteiger partial charge in [0.2, 0.25) is 0 Å². The summed E-state index contributed by atoms with van der Waals surface area (Å²) in [6, 6.07) is 9.44. The number of piperidine rings is 1. The number of hydrogen-bond acceptors (Lipinski definition) is 1. The standard InChI is InChI=1S/C18H29N/c1-13(2)11-15-5-7-16(8-6-15)17-9-10-19-12-18(17)14(3)4/h5-8,13-14,17-19H,9-12H2,1-4H3. The van der Waals surface area contributed by atoms with Crippen molar-refractivity contribution in [2.24, 2.45) is 17.8 Å². The number of rotatable bonds is 4. The Morgan fingerprint density at radius 1 is 1.11 bits per heavy atom. The van der Waals surface area contributed by atoms with Crippen LogP contribution < -0.4 is 5.32 Å². The van der Waals surface area contributed by atoms with Crippen LogP contribution in [0.4, 0.5) is 0 Å². The summed E-state index contributed by atoms with van der Waals surface area (Å²) in [4.78, 5) is 0. The van der Waals surface area contributed by atoms with E-state index in [-0.39, 0.29) is 0 Å². The molecule has 1 heterocycles. The summed E-state index contributed by atoms with van der Waals surface area (Å²) in [6.07, 6.45) is 2.48. The molecule has 2 rings (SSSR count). The molecule has 1 aromatic carbocycles. The molecule has 1 fully saturated rings. The van der Waals surface area contributed by atoms with Crippen molar-refractivity contribution < 1.29 is 0 Å². The molecule has 1 saturated heterocycles. The molecule has 1 aliphatic rings. The van der Waals surface area contributed by atoms with E-state index in [0.29, 0.717) is 0 Å². The third-order valence-electron chi connectivity index (χ3n) is 4.44. The van der Waals surface area contributed by atoms with Crippen LogP contribution in [0.2, 0.25) is 0 Å². The first kappa shape index (κ1) is 14.6. The highest BCUT2D eigenvalue weighted by molar-refractivity contribution is 5.27.